The van der Waals surface area contributed by atoms with Crippen LogP contribution in [0.5, 0.6) is 0 Å². The molecule has 0 aliphatic carbocycles. The summed E-state index contributed by atoms with van der Waals surface area (Å²) < 4.78 is 27.9. The maximum atomic E-state index is 12.4. The number of anilines is 1. The highest BCUT2D eigenvalue weighted by Crippen LogP contribution is 2.26. The summed E-state index contributed by atoms with van der Waals surface area (Å²) in [5, 5.41) is 0. The highest BCUT2D eigenvalue weighted by atomic mass is 79.9. The number of sulfonamides is 1. The number of nitrogens with one attached hydrogen (secondary N) is 2. The number of imidazole rings is 1. The van der Waals surface area contributed by atoms with Crippen molar-refractivity contribution >= 4 is 31.6 Å². The van der Waals surface area contributed by atoms with Crippen LogP contribution in [0.25, 0.3) is 0 Å². The van der Waals surface area contributed by atoms with Crippen molar-refractivity contribution in [2.75, 3.05) is 5.73 Å². The molecule has 0 aliphatic rings. The van der Waals surface area contributed by atoms with Gasteiger partial charge in [0.05, 0.1) is 10.9 Å². The number of aromatic amines is 1. The van der Waals surface area contributed by atoms with Crippen LogP contribution in [0.3, 0.4) is 0 Å². The summed E-state index contributed by atoms with van der Waals surface area (Å²) in [5.74, 6) is 0.586. The minimum absolute atomic E-state index is 0.150. The molecule has 0 fully saturated rings. The van der Waals surface area contributed by atoms with Crippen molar-refractivity contribution in [3.05, 3.63) is 40.9 Å². The molecular formula is C12H15BrN4O2S. The van der Waals surface area contributed by atoms with Crippen LogP contribution in [0.2, 0.25) is 0 Å². The van der Waals surface area contributed by atoms with E-state index in [1.54, 1.807) is 24.5 Å². The van der Waals surface area contributed by atoms with E-state index >= 15 is 0 Å². The number of aromatic nitrogens is 2. The number of nitrogens with two attached hydrogens (primary N) is 1. The van der Waals surface area contributed by atoms with Gasteiger partial charge in [-0.3, -0.25) is 0 Å². The lowest BCUT2D eigenvalue weighted by atomic mass is 10.2. The molecule has 0 amide bonds. The number of hydrogen-bond donors (Lipinski definition) is 3. The summed E-state index contributed by atoms with van der Waals surface area (Å²) >= 11 is 3.22. The summed E-state index contributed by atoms with van der Waals surface area (Å²) in [6, 6.07) is 4.17. The number of H-pyrrole nitrogens is 1. The van der Waals surface area contributed by atoms with E-state index in [2.05, 4.69) is 30.6 Å². The standard InChI is InChI=1S/C12H15BrN4O2S/c1-2-10(12-15-5-6-16-12)17-20(18,19)11-4-3-8(14)7-9(11)13/h3-7,10,17H,2,14H2,1H3,(H,15,16). The van der Waals surface area contributed by atoms with Gasteiger partial charge in [0.1, 0.15) is 5.82 Å². The quantitative estimate of drug-likeness (QED) is 0.713. The van der Waals surface area contributed by atoms with Crippen molar-refractivity contribution in [2.24, 2.45) is 0 Å². The molecule has 1 unspecified atom stereocenters. The molecule has 4 N–H and O–H groups in total. The Morgan fingerprint density at radius 3 is 2.80 bits per heavy atom. The van der Waals surface area contributed by atoms with Gasteiger partial charge in [-0.05, 0) is 40.5 Å². The number of halogens is 1. The van der Waals surface area contributed by atoms with Crippen LogP contribution in [0.1, 0.15) is 25.2 Å². The summed E-state index contributed by atoms with van der Waals surface area (Å²) in [4.78, 5) is 7.15. The number of nitrogens with zero attached hydrogens (tertiary/aromatic N) is 1. The van der Waals surface area contributed by atoms with Gasteiger partial charge >= 0.3 is 0 Å². The van der Waals surface area contributed by atoms with Gasteiger partial charge in [-0.2, -0.15) is 0 Å². The third kappa shape index (κ3) is 3.20. The largest absolute Gasteiger partial charge is 0.399 e. The first-order valence-electron chi connectivity index (χ1n) is 6.00. The fourth-order valence-electron chi connectivity index (χ4n) is 1.79. The smallest absolute Gasteiger partial charge is 0.242 e. The molecule has 8 heteroatoms. The molecule has 0 saturated heterocycles. The van der Waals surface area contributed by atoms with Crippen molar-refractivity contribution in [1.29, 1.82) is 0 Å². The van der Waals surface area contributed by atoms with Crippen LogP contribution < -0.4 is 10.5 Å². The first-order chi connectivity index (χ1) is 9.44. The van der Waals surface area contributed by atoms with Gasteiger partial charge in [-0.1, -0.05) is 6.92 Å². The van der Waals surface area contributed by atoms with Crippen molar-refractivity contribution < 1.29 is 8.42 Å². The summed E-state index contributed by atoms with van der Waals surface area (Å²) in [7, 11) is -3.66. The minimum atomic E-state index is -3.66. The highest BCUT2D eigenvalue weighted by Gasteiger charge is 2.23. The topological polar surface area (TPSA) is 101 Å². The van der Waals surface area contributed by atoms with Gasteiger partial charge in [0.2, 0.25) is 10.0 Å². The van der Waals surface area contributed by atoms with Crippen molar-refractivity contribution in [3.8, 4) is 0 Å². The van der Waals surface area contributed by atoms with E-state index < -0.39 is 16.1 Å². The lowest BCUT2D eigenvalue weighted by Gasteiger charge is -2.16. The van der Waals surface area contributed by atoms with Gasteiger partial charge in [0.25, 0.3) is 0 Å². The van der Waals surface area contributed by atoms with Crippen molar-refractivity contribution in [3.63, 3.8) is 0 Å². The second-order valence-electron chi connectivity index (χ2n) is 4.25. The van der Waals surface area contributed by atoms with Crippen molar-refractivity contribution in [1.82, 2.24) is 14.7 Å². The van der Waals surface area contributed by atoms with Crippen LogP contribution in [0, 0.1) is 0 Å². The zero-order valence-electron chi connectivity index (χ0n) is 10.8. The van der Waals surface area contributed by atoms with E-state index in [1.807, 2.05) is 6.92 Å². The first kappa shape index (κ1) is 15.0. The Morgan fingerprint density at radius 1 is 1.50 bits per heavy atom. The lowest BCUT2D eigenvalue weighted by molar-refractivity contribution is 0.539. The molecule has 0 radical (unpaired) electrons. The molecule has 1 atom stereocenters. The molecule has 1 heterocycles. The summed E-state index contributed by atoms with van der Waals surface area (Å²) in [6.45, 7) is 1.88. The molecule has 6 nitrogen and oxygen atoms in total. The molecule has 2 aromatic rings. The fraction of sp³-hybridized carbons (Fsp3) is 0.250. The number of nitrogen functional groups attached to an aromatic ring is 1. The Hall–Kier alpha value is -1.38. The second kappa shape index (κ2) is 5.94. The Labute approximate surface area is 126 Å². The molecule has 2 rings (SSSR count). The first-order valence-corrected chi connectivity index (χ1v) is 8.28. The van der Waals surface area contributed by atoms with Crippen LogP contribution in [0.4, 0.5) is 5.69 Å². The number of rotatable bonds is 5. The van der Waals surface area contributed by atoms with Gasteiger partial charge in [-0.15, -0.1) is 0 Å². The third-order valence-electron chi connectivity index (χ3n) is 2.80. The molecule has 0 saturated carbocycles. The normalized spacial score (nSPS) is 13.3. The molecule has 0 aliphatic heterocycles. The molecule has 108 valence electrons. The van der Waals surface area contributed by atoms with Gasteiger partial charge < -0.3 is 10.7 Å². The zero-order valence-corrected chi connectivity index (χ0v) is 13.2. The van der Waals surface area contributed by atoms with Crippen LogP contribution >= 0.6 is 15.9 Å². The monoisotopic (exact) mass is 358 g/mol. The predicted octanol–water partition coefficient (Wildman–Crippen LogP) is 2.18. The Balaban J connectivity index is 2.31. The van der Waals surface area contributed by atoms with E-state index in [0.29, 0.717) is 22.4 Å². The van der Waals surface area contributed by atoms with E-state index in [-0.39, 0.29) is 4.90 Å². The van der Waals surface area contributed by atoms with Crippen LogP contribution in [0.15, 0.2) is 40.0 Å². The SMILES string of the molecule is CCC(NS(=O)(=O)c1ccc(N)cc1Br)c1ncc[nH]1. The van der Waals surface area contributed by atoms with E-state index in [4.69, 9.17) is 5.73 Å². The molecular weight excluding hydrogens is 344 g/mol. The average Bonchev–Trinajstić information content (AvgIpc) is 2.89. The Bertz CT molecular complexity index is 685. The van der Waals surface area contributed by atoms with E-state index in [9.17, 15) is 8.42 Å². The highest BCUT2D eigenvalue weighted by molar-refractivity contribution is 9.10. The summed E-state index contributed by atoms with van der Waals surface area (Å²) in [5.41, 5.74) is 6.11. The third-order valence-corrected chi connectivity index (χ3v) is 5.25. The van der Waals surface area contributed by atoms with Crippen LogP contribution in [-0.4, -0.2) is 18.4 Å². The molecule has 1 aromatic carbocycles. The average molecular weight is 359 g/mol. The van der Waals surface area contributed by atoms with E-state index in [1.165, 1.54) is 6.07 Å². The van der Waals surface area contributed by atoms with Crippen LogP contribution in [-0.2, 0) is 10.0 Å². The summed E-state index contributed by atoms with van der Waals surface area (Å²) in [6.07, 6.45) is 3.83. The maximum Gasteiger partial charge on any atom is 0.242 e. The molecule has 0 bridgehead atoms. The zero-order chi connectivity index (χ0) is 14.8. The molecule has 1 aromatic heterocycles. The Kier molecular flexibility index (Phi) is 4.46. The van der Waals surface area contributed by atoms with Crippen molar-refractivity contribution in [2.45, 2.75) is 24.3 Å². The lowest BCUT2D eigenvalue weighted by Crippen LogP contribution is -2.29. The second-order valence-corrected chi connectivity index (χ2v) is 6.78. The van der Waals surface area contributed by atoms with Gasteiger partial charge in [0, 0.05) is 22.6 Å². The molecule has 20 heavy (non-hydrogen) atoms. The van der Waals surface area contributed by atoms with Gasteiger partial charge in [-0.25, -0.2) is 18.1 Å². The predicted molar refractivity (Wildman–Crippen MR) is 80.5 cm³/mol. The van der Waals surface area contributed by atoms with Gasteiger partial charge in [0.15, 0.2) is 0 Å². The number of benzene rings is 1. The Morgan fingerprint density at radius 2 is 2.25 bits per heavy atom. The fourth-order valence-corrected chi connectivity index (χ4v) is 4.16. The maximum absolute atomic E-state index is 12.4. The number of hydrogen-bond acceptors (Lipinski definition) is 4. The minimum Gasteiger partial charge on any atom is -0.399 e. The molecule has 0 spiro atoms. The van der Waals surface area contributed by atoms with E-state index in [0.717, 1.165) is 0 Å².